The summed E-state index contributed by atoms with van der Waals surface area (Å²) in [7, 11) is 0. The van der Waals surface area contributed by atoms with E-state index < -0.39 is 0 Å². The van der Waals surface area contributed by atoms with Crippen LogP contribution in [0.4, 0.5) is 11.6 Å². The van der Waals surface area contributed by atoms with Crippen molar-refractivity contribution in [1.82, 2.24) is 9.97 Å². The highest BCUT2D eigenvalue weighted by molar-refractivity contribution is 5.41. The molecule has 0 atom stereocenters. The van der Waals surface area contributed by atoms with Crippen molar-refractivity contribution in [2.24, 2.45) is 5.41 Å². The maximum absolute atomic E-state index is 4.38. The largest absolute Gasteiger partial charge is 0.369 e. The zero-order valence-electron chi connectivity index (χ0n) is 9.96. The summed E-state index contributed by atoms with van der Waals surface area (Å²) in [6.45, 7) is 10.3. The van der Waals surface area contributed by atoms with E-state index in [2.05, 4.69) is 41.4 Å². The minimum absolute atomic E-state index is 0.246. The lowest BCUT2D eigenvalue weighted by atomic mass is 9.97. The molecule has 0 radical (unpaired) electrons. The van der Waals surface area contributed by atoms with Crippen LogP contribution in [0, 0.1) is 5.41 Å². The Morgan fingerprint density at radius 1 is 1.13 bits per heavy atom. The van der Waals surface area contributed by atoms with Crippen LogP contribution in [0.3, 0.4) is 0 Å². The lowest BCUT2D eigenvalue weighted by Gasteiger charge is -2.19. The van der Waals surface area contributed by atoms with Crippen molar-refractivity contribution in [3.8, 4) is 0 Å². The second kappa shape index (κ2) is 4.96. The van der Waals surface area contributed by atoms with Crippen LogP contribution in [-0.4, -0.2) is 23.1 Å². The van der Waals surface area contributed by atoms with Crippen LogP contribution < -0.4 is 10.6 Å². The summed E-state index contributed by atoms with van der Waals surface area (Å²) in [6, 6.07) is 0. The van der Waals surface area contributed by atoms with Gasteiger partial charge in [-0.1, -0.05) is 20.8 Å². The summed E-state index contributed by atoms with van der Waals surface area (Å²) in [5.74, 6) is 1.64. The van der Waals surface area contributed by atoms with Gasteiger partial charge in [0, 0.05) is 13.1 Å². The molecule has 84 valence electrons. The lowest BCUT2D eigenvalue weighted by molar-refractivity contribution is 0.442. The Balaban J connectivity index is 2.57. The molecular formula is C11H20N4. The first-order valence-electron chi connectivity index (χ1n) is 5.31. The second-order valence-corrected chi connectivity index (χ2v) is 4.73. The molecule has 0 bridgehead atoms. The van der Waals surface area contributed by atoms with Gasteiger partial charge in [0.2, 0.25) is 0 Å². The Hall–Kier alpha value is -1.32. The quantitative estimate of drug-likeness (QED) is 0.797. The third-order valence-electron chi connectivity index (χ3n) is 1.79. The van der Waals surface area contributed by atoms with Gasteiger partial charge in [-0.05, 0) is 12.3 Å². The Morgan fingerprint density at radius 3 is 2.27 bits per heavy atom. The Kier molecular flexibility index (Phi) is 3.88. The van der Waals surface area contributed by atoms with E-state index in [0.717, 1.165) is 24.7 Å². The van der Waals surface area contributed by atoms with Gasteiger partial charge in [0.05, 0.1) is 12.4 Å². The van der Waals surface area contributed by atoms with Crippen molar-refractivity contribution in [2.45, 2.75) is 27.7 Å². The van der Waals surface area contributed by atoms with Crippen molar-refractivity contribution < 1.29 is 0 Å². The van der Waals surface area contributed by atoms with Crippen LogP contribution in [-0.2, 0) is 0 Å². The molecule has 1 heterocycles. The highest BCUT2D eigenvalue weighted by atomic mass is 15.1. The molecule has 2 N–H and O–H groups in total. The topological polar surface area (TPSA) is 49.8 Å². The minimum atomic E-state index is 0.246. The molecule has 1 rings (SSSR count). The Labute approximate surface area is 91.5 Å². The average Bonchev–Trinajstić information content (AvgIpc) is 2.15. The van der Waals surface area contributed by atoms with Gasteiger partial charge in [-0.25, -0.2) is 4.98 Å². The smallest absolute Gasteiger partial charge is 0.146 e. The molecule has 0 amide bonds. The predicted molar refractivity (Wildman–Crippen MR) is 64.1 cm³/mol. The SMILES string of the molecule is CCNc1cncc(NCC(C)(C)C)n1. The number of nitrogens with zero attached hydrogens (tertiary/aromatic N) is 2. The minimum Gasteiger partial charge on any atom is -0.369 e. The molecule has 0 spiro atoms. The molecular weight excluding hydrogens is 188 g/mol. The molecule has 0 saturated heterocycles. The molecule has 0 aliphatic carbocycles. The van der Waals surface area contributed by atoms with Crippen LogP contribution in [0.2, 0.25) is 0 Å². The van der Waals surface area contributed by atoms with E-state index in [1.165, 1.54) is 0 Å². The second-order valence-electron chi connectivity index (χ2n) is 4.73. The van der Waals surface area contributed by atoms with Crippen molar-refractivity contribution in [3.05, 3.63) is 12.4 Å². The van der Waals surface area contributed by atoms with E-state index in [-0.39, 0.29) is 5.41 Å². The molecule has 4 nitrogen and oxygen atoms in total. The number of nitrogens with one attached hydrogen (secondary N) is 2. The summed E-state index contributed by atoms with van der Waals surface area (Å²) in [5, 5.41) is 6.40. The van der Waals surface area contributed by atoms with Crippen molar-refractivity contribution in [1.29, 1.82) is 0 Å². The van der Waals surface area contributed by atoms with Gasteiger partial charge in [0.1, 0.15) is 11.6 Å². The van der Waals surface area contributed by atoms with E-state index in [4.69, 9.17) is 0 Å². The number of hydrogen-bond acceptors (Lipinski definition) is 4. The maximum Gasteiger partial charge on any atom is 0.146 e. The van der Waals surface area contributed by atoms with E-state index >= 15 is 0 Å². The summed E-state index contributed by atoms with van der Waals surface area (Å²) in [4.78, 5) is 8.50. The molecule has 1 aromatic rings. The van der Waals surface area contributed by atoms with Crippen LogP contribution in [0.5, 0.6) is 0 Å². The van der Waals surface area contributed by atoms with Crippen LogP contribution in [0.1, 0.15) is 27.7 Å². The summed E-state index contributed by atoms with van der Waals surface area (Å²) >= 11 is 0. The number of aromatic nitrogens is 2. The molecule has 0 unspecified atom stereocenters. The number of hydrogen-bond donors (Lipinski definition) is 2. The highest BCUT2D eigenvalue weighted by Crippen LogP contribution is 2.14. The standard InChI is InChI=1S/C11H20N4/c1-5-13-9-6-12-7-10(15-9)14-8-11(2,3)4/h6-7H,5,8H2,1-4H3,(H2,13,14,15). The molecule has 1 aromatic heterocycles. The van der Waals surface area contributed by atoms with Gasteiger partial charge in [0.15, 0.2) is 0 Å². The molecule has 0 aliphatic rings. The van der Waals surface area contributed by atoms with Crippen LogP contribution in [0.25, 0.3) is 0 Å². The first-order chi connectivity index (χ1) is 7.01. The first-order valence-corrected chi connectivity index (χ1v) is 5.31. The van der Waals surface area contributed by atoms with E-state index in [1.54, 1.807) is 12.4 Å². The monoisotopic (exact) mass is 208 g/mol. The molecule has 0 aliphatic heterocycles. The fraction of sp³-hybridized carbons (Fsp3) is 0.636. The maximum atomic E-state index is 4.38. The Bertz CT molecular complexity index is 304. The van der Waals surface area contributed by atoms with E-state index in [0.29, 0.717) is 0 Å². The van der Waals surface area contributed by atoms with Gasteiger partial charge >= 0.3 is 0 Å². The third-order valence-corrected chi connectivity index (χ3v) is 1.79. The zero-order chi connectivity index (χ0) is 11.3. The third kappa shape index (κ3) is 4.63. The van der Waals surface area contributed by atoms with Crippen molar-refractivity contribution in [2.75, 3.05) is 23.7 Å². The summed E-state index contributed by atoms with van der Waals surface area (Å²) < 4.78 is 0. The van der Waals surface area contributed by atoms with Crippen molar-refractivity contribution in [3.63, 3.8) is 0 Å². The van der Waals surface area contributed by atoms with Gasteiger partial charge in [-0.2, -0.15) is 0 Å². The molecule has 4 heteroatoms. The van der Waals surface area contributed by atoms with Gasteiger partial charge < -0.3 is 10.6 Å². The Morgan fingerprint density at radius 2 is 1.73 bits per heavy atom. The van der Waals surface area contributed by atoms with E-state index in [9.17, 15) is 0 Å². The van der Waals surface area contributed by atoms with Gasteiger partial charge in [-0.15, -0.1) is 0 Å². The molecule has 15 heavy (non-hydrogen) atoms. The molecule has 0 saturated carbocycles. The average molecular weight is 208 g/mol. The van der Waals surface area contributed by atoms with Gasteiger partial charge in [0.25, 0.3) is 0 Å². The molecule has 0 fully saturated rings. The molecule has 0 aromatic carbocycles. The zero-order valence-corrected chi connectivity index (χ0v) is 9.96. The fourth-order valence-electron chi connectivity index (χ4n) is 1.07. The number of anilines is 2. The van der Waals surface area contributed by atoms with Gasteiger partial charge in [-0.3, -0.25) is 4.98 Å². The normalized spacial score (nSPS) is 11.2. The van der Waals surface area contributed by atoms with Crippen molar-refractivity contribution >= 4 is 11.6 Å². The highest BCUT2D eigenvalue weighted by Gasteiger charge is 2.09. The lowest BCUT2D eigenvalue weighted by Crippen LogP contribution is -2.19. The van der Waals surface area contributed by atoms with Crippen LogP contribution in [0.15, 0.2) is 12.4 Å². The predicted octanol–water partition coefficient (Wildman–Crippen LogP) is 2.37. The summed E-state index contributed by atoms with van der Waals surface area (Å²) in [5.41, 5.74) is 0.246. The fourth-order valence-corrected chi connectivity index (χ4v) is 1.07. The number of rotatable bonds is 4. The van der Waals surface area contributed by atoms with E-state index in [1.807, 2.05) is 6.92 Å². The first kappa shape index (κ1) is 11.8. The summed E-state index contributed by atoms with van der Waals surface area (Å²) in [6.07, 6.45) is 3.47. The van der Waals surface area contributed by atoms with Crippen LogP contribution >= 0.6 is 0 Å².